The molecule has 2 rings (SSSR count). The number of imidazole rings is 1. The molecule has 2 aromatic heterocycles. The van der Waals surface area contributed by atoms with Crippen molar-refractivity contribution < 1.29 is 23.9 Å². The number of hydrogen-bond donors (Lipinski definition) is 4. The smallest absolute Gasteiger partial charge is 0.357 e. The molecule has 0 aromatic carbocycles. The molecule has 4 N–H and O–H groups in total. The maximum atomic E-state index is 12.0. The quantitative estimate of drug-likeness (QED) is 0.484. The number of rotatable bonds is 8. The summed E-state index contributed by atoms with van der Waals surface area (Å²) >= 11 is 0. The number of nitrogens with zero attached hydrogens (tertiary/aromatic N) is 3. The highest BCUT2D eigenvalue weighted by Gasteiger charge is 2.44. The number of aromatic nitrogens is 4. The van der Waals surface area contributed by atoms with Crippen LogP contribution in [0.2, 0.25) is 0 Å². The summed E-state index contributed by atoms with van der Waals surface area (Å²) in [5.74, 6) is -0.399. The fraction of sp³-hybridized carbons (Fsp3) is 0.571. The molecule has 144 valence electrons. The Bertz CT molecular complexity index is 897. The first kappa shape index (κ1) is 20.2. The number of fused-ring (bicyclic) bond motifs is 1. The fourth-order valence-corrected chi connectivity index (χ4v) is 3.71. The van der Waals surface area contributed by atoms with Gasteiger partial charge in [-0.2, -0.15) is 4.98 Å². The van der Waals surface area contributed by atoms with Gasteiger partial charge in [-0.3, -0.25) is 24.5 Å². The average molecular weight is 387 g/mol. The van der Waals surface area contributed by atoms with Gasteiger partial charge < -0.3 is 19.1 Å². The van der Waals surface area contributed by atoms with Crippen LogP contribution in [0.5, 0.6) is 0 Å². The number of anilines is 1. The highest BCUT2D eigenvalue weighted by atomic mass is 31.2. The highest BCUT2D eigenvalue weighted by molar-refractivity contribution is 7.53. The number of amides is 1. The lowest BCUT2D eigenvalue weighted by Crippen LogP contribution is -2.32. The number of carbonyl (C=O) groups excluding carboxylic acids is 1. The SMILES string of the molecule is CCC(CC)(OCCn1cnc2c(=O)[nH]c(NC(C)=O)nc21)P(=O)(O)O. The Morgan fingerprint density at radius 1 is 1.42 bits per heavy atom. The molecule has 0 bridgehead atoms. The van der Waals surface area contributed by atoms with Gasteiger partial charge in [0.25, 0.3) is 5.56 Å². The van der Waals surface area contributed by atoms with E-state index in [1.54, 1.807) is 13.8 Å². The number of nitrogens with one attached hydrogen (secondary N) is 2. The zero-order valence-corrected chi connectivity index (χ0v) is 15.6. The second-order valence-corrected chi connectivity index (χ2v) is 7.65. The summed E-state index contributed by atoms with van der Waals surface area (Å²) < 4.78 is 18.8. The molecule has 12 heteroatoms. The molecule has 0 radical (unpaired) electrons. The molecule has 0 aliphatic carbocycles. The molecule has 1 amide bonds. The molecule has 0 unspecified atom stereocenters. The van der Waals surface area contributed by atoms with Gasteiger partial charge in [-0.1, -0.05) is 13.8 Å². The standard InChI is InChI=1S/C14H22N5O6P/c1-4-14(5-2,26(22,23)24)25-7-6-19-8-15-10-11(19)17-13(16-9(3)20)18-12(10)21/h8H,4-7H2,1-3H3,(H2,22,23,24)(H2,16,17,18,20,21). The monoisotopic (exact) mass is 387 g/mol. The lowest BCUT2D eigenvalue weighted by atomic mass is 10.2. The van der Waals surface area contributed by atoms with Gasteiger partial charge in [0.05, 0.1) is 12.9 Å². The van der Waals surface area contributed by atoms with Crippen molar-refractivity contribution in [2.45, 2.75) is 45.5 Å². The van der Waals surface area contributed by atoms with Crippen molar-refractivity contribution in [2.75, 3.05) is 11.9 Å². The molecule has 0 fully saturated rings. The summed E-state index contributed by atoms with van der Waals surface area (Å²) in [5.41, 5.74) is -0.188. The molecule has 0 aliphatic heterocycles. The van der Waals surface area contributed by atoms with E-state index < -0.39 is 18.5 Å². The first-order chi connectivity index (χ1) is 12.1. The van der Waals surface area contributed by atoms with Crippen molar-refractivity contribution in [1.29, 1.82) is 0 Å². The Morgan fingerprint density at radius 2 is 2.08 bits per heavy atom. The third-order valence-corrected chi connectivity index (χ3v) is 5.93. The van der Waals surface area contributed by atoms with Crippen molar-refractivity contribution in [3.63, 3.8) is 0 Å². The highest BCUT2D eigenvalue weighted by Crippen LogP contribution is 2.55. The zero-order chi connectivity index (χ0) is 19.5. The van der Waals surface area contributed by atoms with Crippen LogP contribution in [0.15, 0.2) is 11.1 Å². The Kier molecular flexibility index (Phi) is 5.97. The van der Waals surface area contributed by atoms with Crippen LogP contribution in [0.1, 0.15) is 33.6 Å². The number of H-pyrrole nitrogens is 1. The van der Waals surface area contributed by atoms with E-state index in [0.29, 0.717) is 0 Å². The molecule has 0 atom stereocenters. The van der Waals surface area contributed by atoms with Gasteiger partial charge in [0.1, 0.15) is 0 Å². The van der Waals surface area contributed by atoms with Crippen molar-refractivity contribution in [1.82, 2.24) is 19.5 Å². The van der Waals surface area contributed by atoms with Gasteiger partial charge in [-0.25, -0.2) is 4.98 Å². The third-order valence-electron chi connectivity index (χ3n) is 4.11. The fourth-order valence-electron chi connectivity index (χ4n) is 2.63. The number of hydrogen-bond acceptors (Lipinski definition) is 6. The van der Waals surface area contributed by atoms with Crippen molar-refractivity contribution in [3.05, 3.63) is 16.7 Å². The predicted octanol–water partition coefficient (Wildman–Crippen LogP) is 0.789. The molecule has 2 aromatic rings. The van der Waals surface area contributed by atoms with E-state index in [2.05, 4.69) is 20.3 Å². The first-order valence-corrected chi connectivity index (χ1v) is 9.67. The van der Waals surface area contributed by atoms with E-state index >= 15 is 0 Å². The van der Waals surface area contributed by atoms with Gasteiger partial charge in [-0.05, 0) is 12.8 Å². The number of carbonyl (C=O) groups is 1. The second-order valence-electron chi connectivity index (χ2n) is 5.75. The average Bonchev–Trinajstić information content (AvgIpc) is 2.93. The lowest BCUT2D eigenvalue weighted by Gasteiger charge is -2.32. The largest absolute Gasteiger partial charge is 0.361 e. The minimum absolute atomic E-state index is 0.00986. The van der Waals surface area contributed by atoms with Crippen molar-refractivity contribution in [3.8, 4) is 0 Å². The van der Waals surface area contributed by atoms with Crippen molar-refractivity contribution >= 4 is 30.6 Å². The van der Waals surface area contributed by atoms with Crippen molar-refractivity contribution in [2.24, 2.45) is 0 Å². The van der Waals surface area contributed by atoms with Crippen LogP contribution in [0.25, 0.3) is 11.2 Å². The molecule has 0 spiro atoms. The van der Waals surface area contributed by atoms with Crippen LogP contribution < -0.4 is 10.9 Å². The molecule has 0 aliphatic rings. The maximum absolute atomic E-state index is 12.0. The summed E-state index contributed by atoms with van der Waals surface area (Å²) in [6, 6.07) is 0. The number of ether oxygens (including phenoxy) is 1. The van der Waals surface area contributed by atoms with Gasteiger partial charge in [-0.15, -0.1) is 0 Å². The van der Waals surface area contributed by atoms with Crippen LogP contribution in [0, 0.1) is 0 Å². The van der Waals surface area contributed by atoms with Gasteiger partial charge in [0, 0.05) is 13.5 Å². The normalized spacial score (nSPS) is 12.5. The van der Waals surface area contributed by atoms with E-state index in [9.17, 15) is 23.9 Å². The van der Waals surface area contributed by atoms with Crippen LogP contribution in [0.4, 0.5) is 5.95 Å². The summed E-state index contributed by atoms with van der Waals surface area (Å²) in [7, 11) is -4.46. The van der Waals surface area contributed by atoms with Crippen LogP contribution >= 0.6 is 7.60 Å². The summed E-state index contributed by atoms with van der Waals surface area (Å²) in [4.78, 5) is 52.8. The molecular weight excluding hydrogens is 365 g/mol. The minimum Gasteiger partial charge on any atom is -0.361 e. The molecule has 2 heterocycles. The molecular formula is C14H22N5O6P. The Labute approximate surface area is 149 Å². The zero-order valence-electron chi connectivity index (χ0n) is 14.7. The van der Waals surface area contributed by atoms with E-state index in [-0.39, 0.29) is 49.0 Å². The minimum atomic E-state index is -4.46. The molecule has 11 nitrogen and oxygen atoms in total. The maximum Gasteiger partial charge on any atom is 0.357 e. The Hall–Kier alpha value is -2.07. The second kappa shape index (κ2) is 7.67. The number of aromatic amines is 1. The Balaban J connectivity index is 2.23. The van der Waals surface area contributed by atoms with E-state index in [4.69, 9.17) is 4.74 Å². The molecule has 26 heavy (non-hydrogen) atoms. The Morgan fingerprint density at radius 3 is 2.62 bits per heavy atom. The van der Waals surface area contributed by atoms with Gasteiger partial charge >= 0.3 is 7.60 Å². The topological polar surface area (TPSA) is 159 Å². The van der Waals surface area contributed by atoms with Crippen LogP contribution in [0.3, 0.4) is 0 Å². The summed E-state index contributed by atoms with van der Waals surface area (Å²) in [6.07, 6.45) is 1.69. The van der Waals surface area contributed by atoms with E-state index in [1.807, 2.05) is 0 Å². The van der Waals surface area contributed by atoms with E-state index in [0.717, 1.165) is 0 Å². The van der Waals surface area contributed by atoms with Crippen LogP contribution in [-0.4, -0.2) is 47.2 Å². The summed E-state index contributed by atoms with van der Waals surface area (Å²) in [5, 5.41) is 0.846. The van der Waals surface area contributed by atoms with Crippen LogP contribution in [-0.2, 0) is 20.6 Å². The van der Waals surface area contributed by atoms with E-state index in [1.165, 1.54) is 17.8 Å². The lowest BCUT2D eigenvalue weighted by molar-refractivity contribution is -0.114. The van der Waals surface area contributed by atoms with Gasteiger partial charge in [0.2, 0.25) is 11.9 Å². The predicted molar refractivity (Wildman–Crippen MR) is 93.8 cm³/mol. The van der Waals surface area contributed by atoms with Gasteiger partial charge in [0.15, 0.2) is 16.5 Å². The molecule has 0 saturated carbocycles. The summed E-state index contributed by atoms with van der Waals surface area (Å²) in [6.45, 7) is 4.74. The molecule has 0 saturated heterocycles. The first-order valence-electron chi connectivity index (χ1n) is 8.06. The third kappa shape index (κ3) is 4.01.